The van der Waals surface area contributed by atoms with Gasteiger partial charge in [-0.15, -0.1) is 24.0 Å². The molecule has 0 bridgehead atoms. The zero-order valence-electron chi connectivity index (χ0n) is 17.6. The van der Waals surface area contributed by atoms with Crippen LogP contribution in [0.2, 0.25) is 0 Å². The molecule has 1 aromatic heterocycles. The van der Waals surface area contributed by atoms with Crippen LogP contribution >= 0.6 is 24.0 Å². The quantitative estimate of drug-likeness (QED) is 0.356. The average molecular weight is 495 g/mol. The Hall–Kier alpha value is -1.59. The monoisotopic (exact) mass is 495 g/mol. The van der Waals surface area contributed by atoms with Crippen LogP contribution in [0.15, 0.2) is 11.3 Å². The van der Waals surface area contributed by atoms with Crippen LogP contribution in [0.5, 0.6) is 0 Å². The van der Waals surface area contributed by atoms with Gasteiger partial charge < -0.3 is 20.3 Å². The number of rotatable bonds is 6. The summed E-state index contributed by atoms with van der Waals surface area (Å²) in [6, 6.07) is -0.0928. The van der Waals surface area contributed by atoms with E-state index in [9.17, 15) is 4.79 Å². The molecule has 1 aromatic rings. The van der Waals surface area contributed by atoms with E-state index in [4.69, 9.17) is 4.74 Å². The van der Waals surface area contributed by atoms with Gasteiger partial charge in [-0.2, -0.15) is 5.10 Å². The van der Waals surface area contributed by atoms with E-state index in [1.54, 1.807) is 11.7 Å². The van der Waals surface area contributed by atoms with Gasteiger partial charge in [-0.25, -0.2) is 9.78 Å². The van der Waals surface area contributed by atoms with Crippen molar-refractivity contribution in [1.82, 2.24) is 30.3 Å². The lowest BCUT2D eigenvalue weighted by molar-refractivity contribution is 0.0491. The number of carbonyl (C=O) groups excluding carboxylic acids is 1. The molecule has 1 heterocycles. The first-order valence-electron chi connectivity index (χ1n) is 8.77. The van der Waals surface area contributed by atoms with E-state index in [-0.39, 0.29) is 35.9 Å². The van der Waals surface area contributed by atoms with Gasteiger partial charge in [-0.1, -0.05) is 13.8 Å². The third-order valence-corrected chi connectivity index (χ3v) is 3.74. The van der Waals surface area contributed by atoms with Gasteiger partial charge in [0, 0.05) is 27.7 Å². The summed E-state index contributed by atoms with van der Waals surface area (Å²) in [4.78, 5) is 22.5. The van der Waals surface area contributed by atoms with Gasteiger partial charge in [0.15, 0.2) is 5.96 Å². The summed E-state index contributed by atoms with van der Waals surface area (Å²) in [6.45, 7) is 10.7. The first kappa shape index (κ1) is 25.4. The van der Waals surface area contributed by atoms with Gasteiger partial charge >= 0.3 is 6.09 Å². The van der Waals surface area contributed by atoms with E-state index in [1.165, 1.54) is 6.33 Å². The van der Waals surface area contributed by atoms with E-state index in [0.717, 1.165) is 5.82 Å². The summed E-state index contributed by atoms with van der Waals surface area (Å²) in [5, 5.41) is 10.3. The smallest absolute Gasteiger partial charge is 0.407 e. The standard InChI is InChI=1S/C17H33N7O2.HI/c1-12(2)13(22-16(25)26-17(3,4)5)9-19-15(18-6)23(7)10-14-20-11-21-24(14)8;/h11-13H,9-10H2,1-8H3,(H,18,19)(H,22,25);1H. The van der Waals surface area contributed by atoms with Crippen LogP contribution in [0, 0.1) is 5.92 Å². The normalized spacial score (nSPS) is 13.0. The number of alkyl carbamates (subject to hydrolysis) is 1. The highest BCUT2D eigenvalue weighted by molar-refractivity contribution is 14.0. The number of carbonyl (C=O) groups is 1. The number of hydrogen-bond donors (Lipinski definition) is 2. The summed E-state index contributed by atoms with van der Waals surface area (Å²) in [6.07, 6.45) is 1.11. The number of aromatic nitrogens is 3. The Morgan fingerprint density at radius 3 is 2.48 bits per heavy atom. The summed E-state index contributed by atoms with van der Waals surface area (Å²) in [5.41, 5.74) is -0.522. The Labute approximate surface area is 179 Å². The Balaban J connectivity index is 0.00000676. The van der Waals surface area contributed by atoms with Gasteiger partial charge in [0.05, 0.1) is 12.6 Å². The molecule has 1 atom stereocenters. The number of aliphatic imine (C=N–C) groups is 1. The van der Waals surface area contributed by atoms with Gasteiger partial charge in [0.25, 0.3) is 0 Å². The second-order valence-corrected chi connectivity index (χ2v) is 7.58. The molecule has 2 N–H and O–H groups in total. The molecule has 0 aliphatic carbocycles. The van der Waals surface area contributed by atoms with Crippen molar-refractivity contribution < 1.29 is 9.53 Å². The highest BCUT2D eigenvalue weighted by Crippen LogP contribution is 2.08. The predicted octanol–water partition coefficient (Wildman–Crippen LogP) is 1.99. The fraction of sp³-hybridized carbons (Fsp3) is 0.765. The van der Waals surface area contributed by atoms with Crippen molar-refractivity contribution in [2.75, 3.05) is 20.6 Å². The maximum Gasteiger partial charge on any atom is 0.407 e. The predicted molar refractivity (Wildman–Crippen MR) is 117 cm³/mol. The number of aryl methyl sites for hydroxylation is 1. The van der Waals surface area contributed by atoms with E-state index >= 15 is 0 Å². The molecule has 0 saturated heterocycles. The van der Waals surface area contributed by atoms with Crippen molar-refractivity contribution in [2.24, 2.45) is 18.0 Å². The summed E-state index contributed by atoms with van der Waals surface area (Å²) in [7, 11) is 5.50. The zero-order valence-corrected chi connectivity index (χ0v) is 19.9. The van der Waals surface area contributed by atoms with E-state index < -0.39 is 11.7 Å². The van der Waals surface area contributed by atoms with Crippen molar-refractivity contribution in [3.63, 3.8) is 0 Å². The van der Waals surface area contributed by atoms with Gasteiger partial charge in [-0.05, 0) is 26.7 Å². The van der Waals surface area contributed by atoms with E-state index in [1.807, 2.05) is 39.8 Å². The average Bonchev–Trinajstić information content (AvgIpc) is 2.89. The van der Waals surface area contributed by atoms with Crippen LogP contribution in [0.25, 0.3) is 0 Å². The SMILES string of the molecule is CN=C(NCC(NC(=O)OC(C)(C)C)C(C)C)N(C)Cc1ncnn1C.I. The Kier molecular flexibility index (Phi) is 10.6. The highest BCUT2D eigenvalue weighted by atomic mass is 127. The molecule has 0 fully saturated rings. The van der Waals surface area contributed by atoms with Crippen molar-refractivity contribution in [2.45, 2.75) is 52.8 Å². The van der Waals surface area contributed by atoms with Crippen LogP contribution in [-0.2, 0) is 18.3 Å². The second-order valence-electron chi connectivity index (χ2n) is 7.58. The molecule has 0 aliphatic rings. The van der Waals surface area contributed by atoms with Gasteiger partial charge in [-0.3, -0.25) is 9.67 Å². The maximum atomic E-state index is 12.1. The lowest BCUT2D eigenvalue weighted by Crippen LogP contribution is -2.50. The minimum atomic E-state index is -0.522. The maximum absolute atomic E-state index is 12.1. The number of halogens is 1. The molecule has 9 nitrogen and oxygen atoms in total. The molecule has 1 rings (SSSR count). The molecular formula is C17H34IN7O2. The largest absolute Gasteiger partial charge is 0.444 e. The molecule has 0 saturated carbocycles. The Bertz CT molecular complexity index is 611. The fourth-order valence-corrected chi connectivity index (χ4v) is 2.25. The first-order valence-corrected chi connectivity index (χ1v) is 8.77. The van der Waals surface area contributed by atoms with E-state index in [0.29, 0.717) is 19.0 Å². The fourth-order valence-electron chi connectivity index (χ4n) is 2.25. The lowest BCUT2D eigenvalue weighted by Gasteiger charge is -2.28. The summed E-state index contributed by atoms with van der Waals surface area (Å²) >= 11 is 0. The second kappa shape index (κ2) is 11.3. The lowest BCUT2D eigenvalue weighted by atomic mass is 10.0. The zero-order chi connectivity index (χ0) is 19.9. The molecule has 0 aromatic carbocycles. The molecule has 0 spiro atoms. The van der Waals surface area contributed by atoms with Crippen molar-refractivity contribution in [1.29, 1.82) is 0 Å². The topological polar surface area (TPSA) is 96.7 Å². The number of hydrogen-bond acceptors (Lipinski definition) is 5. The molecule has 27 heavy (non-hydrogen) atoms. The summed E-state index contributed by atoms with van der Waals surface area (Å²) in [5.74, 6) is 1.78. The third kappa shape index (κ3) is 9.25. The van der Waals surface area contributed by atoms with Crippen LogP contribution in [0.3, 0.4) is 0 Å². The Morgan fingerprint density at radius 1 is 1.41 bits per heavy atom. The highest BCUT2D eigenvalue weighted by Gasteiger charge is 2.22. The molecule has 0 radical (unpaired) electrons. The van der Waals surface area contributed by atoms with Crippen molar-refractivity contribution >= 4 is 36.0 Å². The Morgan fingerprint density at radius 2 is 2.04 bits per heavy atom. The molecular weight excluding hydrogens is 461 g/mol. The third-order valence-electron chi connectivity index (χ3n) is 3.74. The van der Waals surface area contributed by atoms with Crippen LogP contribution in [-0.4, -0.2) is 64.0 Å². The molecule has 1 unspecified atom stereocenters. The number of nitrogens with zero attached hydrogens (tertiary/aromatic N) is 5. The van der Waals surface area contributed by atoms with E-state index in [2.05, 4.69) is 39.6 Å². The minimum absolute atomic E-state index is 0. The molecule has 0 aliphatic heterocycles. The van der Waals surface area contributed by atoms with Crippen molar-refractivity contribution in [3.8, 4) is 0 Å². The first-order chi connectivity index (χ1) is 12.0. The number of guanidine groups is 1. The molecule has 10 heteroatoms. The molecule has 156 valence electrons. The van der Waals surface area contributed by atoms with Crippen molar-refractivity contribution in [3.05, 3.63) is 12.2 Å². The number of amides is 1. The number of nitrogens with one attached hydrogen (secondary N) is 2. The summed E-state index contributed by atoms with van der Waals surface area (Å²) < 4.78 is 7.07. The van der Waals surface area contributed by atoms with Crippen LogP contribution in [0.1, 0.15) is 40.4 Å². The molecule has 1 amide bonds. The van der Waals surface area contributed by atoms with Gasteiger partial charge in [0.1, 0.15) is 17.8 Å². The van der Waals surface area contributed by atoms with Crippen LogP contribution in [0.4, 0.5) is 4.79 Å². The number of ether oxygens (including phenoxy) is 1. The van der Waals surface area contributed by atoms with Crippen LogP contribution < -0.4 is 10.6 Å². The minimum Gasteiger partial charge on any atom is -0.444 e. The van der Waals surface area contributed by atoms with Gasteiger partial charge in [0.2, 0.25) is 0 Å².